The minimum absolute atomic E-state index is 0.158. The number of nitrogens with zero attached hydrogens (tertiary/aromatic N) is 3. The molecule has 0 N–H and O–H groups in total. The van der Waals surface area contributed by atoms with Gasteiger partial charge in [-0.1, -0.05) is 12.1 Å². The average Bonchev–Trinajstić information content (AvgIpc) is 2.93. The molecule has 2 aromatic rings. The third-order valence-electron chi connectivity index (χ3n) is 3.35. The van der Waals surface area contributed by atoms with E-state index in [9.17, 15) is 10.1 Å². The number of nitro groups is 1. The van der Waals surface area contributed by atoms with Gasteiger partial charge < -0.3 is 19.6 Å². The lowest BCUT2D eigenvalue weighted by Crippen LogP contribution is -2.28. The first-order chi connectivity index (χ1) is 10.6. The van der Waals surface area contributed by atoms with Crippen LogP contribution in [-0.4, -0.2) is 27.7 Å². The third-order valence-corrected chi connectivity index (χ3v) is 4.07. The molecule has 0 fully saturated rings. The van der Waals surface area contributed by atoms with Crippen molar-refractivity contribution in [1.82, 2.24) is 9.55 Å². The zero-order valence-corrected chi connectivity index (χ0v) is 13.8. The fourth-order valence-corrected chi connectivity index (χ4v) is 2.63. The van der Waals surface area contributed by atoms with Gasteiger partial charge in [0.25, 0.3) is 0 Å². The molecule has 2 heterocycles. The van der Waals surface area contributed by atoms with E-state index < -0.39 is 4.92 Å². The molecule has 1 aliphatic rings. The summed E-state index contributed by atoms with van der Waals surface area (Å²) in [5, 5.41) is 10.7. The van der Waals surface area contributed by atoms with Crippen LogP contribution in [0.1, 0.15) is 5.56 Å². The van der Waals surface area contributed by atoms with E-state index in [-0.39, 0.29) is 11.7 Å². The van der Waals surface area contributed by atoms with Crippen molar-refractivity contribution in [2.24, 2.45) is 5.92 Å². The van der Waals surface area contributed by atoms with Crippen LogP contribution in [0.4, 0.5) is 5.82 Å². The first-order valence-corrected chi connectivity index (χ1v) is 7.86. The quantitative estimate of drug-likeness (QED) is 0.426. The van der Waals surface area contributed by atoms with Gasteiger partial charge in [-0.05, 0) is 45.2 Å². The first kappa shape index (κ1) is 15.2. The standard InChI is InChI=1S/C14H14IN3O4/c15-12-3-1-10(2-4-12)7-21-8-11-5-17-6-13(18(19)20)16-14(17)22-9-11/h1-4,6,11H,5,7-9H2. The molecule has 22 heavy (non-hydrogen) atoms. The van der Waals surface area contributed by atoms with Crippen LogP contribution >= 0.6 is 22.6 Å². The van der Waals surface area contributed by atoms with Gasteiger partial charge in [-0.25, -0.2) is 0 Å². The van der Waals surface area contributed by atoms with Crippen molar-refractivity contribution in [3.05, 3.63) is 49.7 Å². The van der Waals surface area contributed by atoms with Gasteiger partial charge in [0.15, 0.2) is 0 Å². The fourth-order valence-electron chi connectivity index (χ4n) is 2.27. The van der Waals surface area contributed by atoms with Crippen LogP contribution in [0.2, 0.25) is 0 Å². The Hall–Kier alpha value is -1.68. The second-order valence-electron chi connectivity index (χ2n) is 5.11. The molecule has 1 aromatic heterocycles. The number of imidazole rings is 1. The molecule has 1 aromatic carbocycles. The summed E-state index contributed by atoms with van der Waals surface area (Å²) in [5.74, 6) is -0.0272. The summed E-state index contributed by atoms with van der Waals surface area (Å²) in [6.45, 7) is 2.16. The summed E-state index contributed by atoms with van der Waals surface area (Å²) in [4.78, 5) is 14.0. The predicted octanol–water partition coefficient (Wildman–Crippen LogP) is 2.62. The van der Waals surface area contributed by atoms with Gasteiger partial charge in [0, 0.05) is 21.0 Å². The molecule has 0 saturated heterocycles. The molecule has 116 valence electrons. The van der Waals surface area contributed by atoms with Crippen LogP contribution in [-0.2, 0) is 17.9 Å². The number of rotatable bonds is 5. The van der Waals surface area contributed by atoms with Crippen molar-refractivity contribution in [2.45, 2.75) is 13.2 Å². The Morgan fingerprint density at radius 3 is 2.95 bits per heavy atom. The molecule has 0 saturated carbocycles. The summed E-state index contributed by atoms with van der Waals surface area (Å²) in [7, 11) is 0. The van der Waals surface area contributed by atoms with Crippen LogP contribution in [0.5, 0.6) is 6.01 Å². The second-order valence-corrected chi connectivity index (χ2v) is 6.36. The van der Waals surface area contributed by atoms with E-state index in [1.54, 1.807) is 4.57 Å². The maximum Gasteiger partial charge on any atom is 0.414 e. The van der Waals surface area contributed by atoms with Gasteiger partial charge in [0.1, 0.15) is 12.8 Å². The van der Waals surface area contributed by atoms with Crippen molar-refractivity contribution >= 4 is 28.4 Å². The Balaban J connectivity index is 1.52. The molecule has 3 rings (SSSR count). The Bertz CT molecular complexity index is 671. The predicted molar refractivity (Wildman–Crippen MR) is 86.7 cm³/mol. The number of benzene rings is 1. The maximum absolute atomic E-state index is 10.7. The molecule has 8 heteroatoms. The lowest BCUT2D eigenvalue weighted by atomic mass is 10.1. The second kappa shape index (κ2) is 6.61. The Kier molecular flexibility index (Phi) is 4.57. The molecule has 0 amide bonds. The third kappa shape index (κ3) is 3.55. The van der Waals surface area contributed by atoms with Crippen LogP contribution < -0.4 is 4.74 Å². The van der Waals surface area contributed by atoms with Gasteiger partial charge in [0.05, 0.1) is 13.2 Å². The maximum atomic E-state index is 10.7. The fraction of sp³-hybridized carbons (Fsp3) is 0.357. The van der Waals surface area contributed by atoms with E-state index in [4.69, 9.17) is 9.47 Å². The van der Waals surface area contributed by atoms with Crippen LogP contribution in [0.15, 0.2) is 30.5 Å². The molecule has 0 aliphatic carbocycles. The Morgan fingerprint density at radius 1 is 1.45 bits per heavy atom. The van der Waals surface area contributed by atoms with Crippen molar-refractivity contribution in [3.8, 4) is 6.01 Å². The summed E-state index contributed by atoms with van der Waals surface area (Å²) in [6, 6.07) is 8.47. The van der Waals surface area contributed by atoms with Gasteiger partial charge in [-0.2, -0.15) is 0 Å². The minimum atomic E-state index is -0.517. The van der Waals surface area contributed by atoms with Crippen molar-refractivity contribution in [2.75, 3.05) is 13.2 Å². The summed E-state index contributed by atoms with van der Waals surface area (Å²) in [6.07, 6.45) is 1.40. The highest BCUT2D eigenvalue weighted by molar-refractivity contribution is 14.1. The highest BCUT2D eigenvalue weighted by Crippen LogP contribution is 2.23. The average molecular weight is 415 g/mol. The van der Waals surface area contributed by atoms with E-state index in [0.717, 1.165) is 5.56 Å². The van der Waals surface area contributed by atoms with E-state index in [1.165, 1.54) is 9.77 Å². The molecule has 0 spiro atoms. The van der Waals surface area contributed by atoms with Crippen LogP contribution in [0.25, 0.3) is 0 Å². The van der Waals surface area contributed by atoms with Crippen LogP contribution in [0, 0.1) is 19.6 Å². The Morgan fingerprint density at radius 2 is 2.23 bits per heavy atom. The molecule has 1 unspecified atom stereocenters. The zero-order chi connectivity index (χ0) is 15.5. The van der Waals surface area contributed by atoms with E-state index in [1.807, 2.05) is 24.3 Å². The number of hydrogen-bond donors (Lipinski definition) is 0. The highest BCUT2D eigenvalue weighted by atomic mass is 127. The van der Waals surface area contributed by atoms with Gasteiger partial charge in [0.2, 0.25) is 0 Å². The topological polar surface area (TPSA) is 79.4 Å². The zero-order valence-electron chi connectivity index (χ0n) is 11.6. The molecule has 0 radical (unpaired) electrons. The summed E-state index contributed by atoms with van der Waals surface area (Å²) in [5.41, 5.74) is 1.12. The first-order valence-electron chi connectivity index (χ1n) is 6.78. The molecular weight excluding hydrogens is 401 g/mol. The lowest BCUT2D eigenvalue weighted by molar-refractivity contribution is -0.389. The number of fused-ring (bicyclic) bond motifs is 1. The number of ether oxygens (including phenoxy) is 2. The lowest BCUT2D eigenvalue weighted by Gasteiger charge is -2.21. The largest absolute Gasteiger partial charge is 0.445 e. The van der Waals surface area contributed by atoms with Crippen molar-refractivity contribution in [3.63, 3.8) is 0 Å². The minimum Gasteiger partial charge on any atom is -0.445 e. The Labute approximate surface area is 140 Å². The number of hydrogen-bond acceptors (Lipinski definition) is 5. The van der Waals surface area contributed by atoms with Gasteiger partial charge in [-0.3, -0.25) is 4.57 Å². The normalized spacial score (nSPS) is 16.9. The van der Waals surface area contributed by atoms with E-state index in [2.05, 4.69) is 27.6 Å². The van der Waals surface area contributed by atoms with Gasteiger partial charge >= 0.3 is 11.8 Å². The van der Waals surface area contributed by atoms with E-state index >= 15 is 0 Å². The van der Waals surface area contributed by atoms with Crippen molar-refractivity contribution in [1.29, 1.82) is 0 Å². The highest BCUT2D eigenvalue weighted by Gasteiger charge is 2.27. The van der Waals surface area contributed by atoms with Crippen LogP contribution in [0.3, 0.4) is 0 Å². The SMILES string of the molecule is O=[N+]([O-])c1cn2c(n1)OCC(COCc1ccc(I)cc1)C2. The van der Waals surface area contributed by atoms with Crippen molar-refractivity contribution < 1.29 is 14.4 Å². The molecular formula is C14H14IN3O4. The molecule has 7 nitrogen and oxygen atoms in total. The monoisotopic (exact) mass is 415 g/mol. The van der Waals surface area contributed by atoms with Gasteiger partial charge in [-0.15, -0.1) is 0 Å². The number of aromatic nitrogens is 2. The molecule has 1 atom stereocenters. The molecule has 1 aliphatic heterocycles. The number of halogens is 1. The summed E-state index contributed by atoms with van der Waals surface area (Å²) >= 11 is 2.26. The van der Waals surface area contributed by atoms with E-state index in [0.29, 0.717) is 32.4 Å². The smallest absolute Gasteiger partial charge is 0.414 e. The summed E-state index contributed by atoms with van der Waals surface area (Å²) < 4.78 is 14.0. The molecule has 0 bridgehead atoms.